The molecular weight excluding hydrogens is 290 g/mol. The van der Waals surface area contributed by atoms with Gasteiger partial charge >= 0.3 is 0 Å². The van der Waals surface area contributed by atoms with Crippen molar-refractivity contribution in [3.05, 3.63) is 29.8 Å². The molecule has 0 radical (unpaired) electrons. The molecule has 1 aliphatic carbocycles. The minimum Gasteiger partial charge on any atom is -0.349 e. The minimum atomic E-state index is -0.336. The first-order chi connectivity index (χ1) is 10.9. The number of hydrogen-bond acceptors (Lipinski definition) is 3. The number of carbonyl (C=O) groups excluding carboxylic acids is 2. The lowest BCUT2D eigenvalue weighted by Gasteiger charge is -2.30. The van der Waals surface area contributed by atoms with Crippen molar-refractivity contribution >= 4 is 17.5 Å². The van der Waals surface area contributed by atoms with Crippen LogP contribution < -0.4 is 16.0 Å². The van der Waals surface area contributed by atoms with E-state index in [2.05, 4.69) is 5.32 Å². The van der Waals surface area contributed by atoms with Crippen LogP contribution in [-0.4, -0.2) is 30.4 Å². The minimum absolute atomic E-state index is 0.00914. The van der Waals surface area contributed by atoms with Crippen LogP contribution >= 0.6 is 0 Å². The fourth-order valence-corrected chi connectivity index (χ4v) is 3.28. The van der Waals surface area contributed by atoms with Crippen molar-refractivity contribution in [1.82, 2.24) is 5.32 Å². The van der Waals surface area contributed by atoms with Gasteiger partial charge in [0.1, 0.15) is 0 Å². The highest BCUT2D eigenvalue weighted by Crippen LogP contribution is 2.39. The molecule has 2 fully saturated rings. The van der Waals surface area contributed by atoms with E-state index in [1.165, 1.54) is 0 Å². The third-order valence-electron chi connectivity index (χ3n) is 5.15. The largest absolute Gasteiger partial charge is 0.349 e. The number of nitrogens with one attached hydrogen (secondary N) is 1. The quantitative estimate of drug-likeness (QED) is 0.866. The van der Waals surface area contributed by atoms with Crippen LogP contribution in [0.5, 0.6) is 0 Å². The Morgan fingerprint density at radius 3 is 2.57 bits per heavy atom. The molecule has 3 N–H and O–H groups in total. The number of anilines is 1. The molecule has 2 aliphatic rings. The number of nitrogens with zero attached hydrogens (tertiary/aromatic N) is 1. The van der Waals surface area contributed by atoms with Crippen LogP contribution in [0.4, 0.5) is 5.69 Å². The van der Waals surface area contributed by atoms with Gasteiger partial charge in [0.15, 0.2) is 0 Å². The zero-order chi connectivity index (χ0) is 16.6. The maximum Gasteiger partial charge on any atom is 0.227 e. The molecule has 1 saturated carbocycles. The van der Waals surface area contributed by atoms with Crippen LogP contribution in [0.25, 0.3) is 0 Å². The van der Waals surface area contributed by atoms with Crippen molar-refractivity contribution in [2.75, 3.05) is 18.0 Å². The lowest BCUT2D eigenvalue weighted by atomic mass is 9.94. The molecule has 23 heavy (non-hydrogen) atoms. The zero-order valence-electron chi connectivity index (χ0n) is 13.8. The Balaban J connectivity index is 1.67. The van der Waals surface area contributed by atoms with Crippen molar-refractivity contribution in [3.63, 3.8) is 0 Å². The van der Waals surface area contributed by atoms with Crippen LogP contribution in [0.2, 0.25) is 0 Å². The topological polar surface area (TPSA) is 75.4 Å². The van der Waals surface area contributed by atoms with Crippen molar-refractivity contribution in [1.29, 1.82) is 0 Å². The van der Waals surface area contributed by atoms with Crippen molar-refractivity contribution in [2.24, 2.45) is 17.6 Å². The fourth-order valence-electron chi connectivity index (χ4n) is 3.28. The molecule has 1 heterocycles. The summed E-state index contributed by atoms with van der Waals surface area (Å²) in [5.41, 5.74) is 7.54. The van der Waals surface area contributed by atoms with E-state index < -0.39 is 0 Å². The maximum absolute atomic E-state index is 12.6. The molecule has 5 nitrogen and oxygen atoms in total. The highest BCUT2D eigenvalue weighted by Gasteiger charge is 2.44. The standard InChI is InChI=1S/C18H25N3O2/c1-12-3-7-15(8-4-12)21-10-13(9-16(21)22)17(23)20-18(2,11-19)14-5-6-14/h3-4,7-8,13-14H,5-6,9-11,19H2,1-2H3,(H,20,23). The summed E-state index contributed by atoms with van der Waals surface area (Å²) in [6.07, 6.45) is 2.51. The number of rotatable bonds is 5. The third kappa shape index (κ3) is 3.24. The predicted octanol–water partition coefficient (Wildman–Crippen LogP) is 1.59. The van der Waals surface area contributed by atoms with Gasteiger partial charge in [-0.2, -0.15) is 0 Å². The first kappa shape index (κ1) is 16.0. The Bertz CT molecular complexity index is 609. The van der Waals surface area contributed by atoms with Gasteiger partial charge in [-0.3, -0.25) is 9.59 Å². The molecule has 1 aromatic rings. The summed E-state index contributed by atoms with van der Waals surface area (Å²) in [5, 5.41) is 3.11. The molecule has 2 atom stereocenters. The van der Waals surface area contributed by atoms with Gasteiger partial charge in [-0.1, -0.05) is 17.7 Å². The third-order valence-corrected chi connectivity index (χ3v) is 5.15. The molecule has 1 aliphatic heterocycles. The molecule has 0 bridgehead atoms. The second-order valence-corrected chi connectivity index (χ2v) is 7.13. The highest BCUT2D eigenvalue weighted by molar-refractivity contribution is 6.00. The Hall–Kier alpha value is -1.88. The lowest BCUT2D eigenvalue weighted by molar-refractivity contribution is -0.128. The lowest BCUT2D eigenvalue weighted by Crippen LogP contribution is -2.54. The van der Waals surface area contributed by atoms with Gasteiger partial charge < -0.3 is 16.0 Å². The zero-order valence-corrected chi connectivity index (χ0v) is 13.8. The maximum atomic E-state index is 12.6. The fraction of sp³-hybridized carbons (Fsp3) is 0.556. The van der Waals surface area contributed by atoms with Gasteiger partial charge in [-0.05, 0) is 44.7 Å². The molecule has 0 aromatic heterocycles. The predicted molar refractivity (Wildman–Crippen MR) is 90.0 cm³/mol. The smallest absolute Gasteiger partial charge is 0.227 e. The van der Waals surface area contributed by atoms with Crippen molar-refractivity contribution in [2.45, 2.75) is 38.6 Å². The first-order valence-electron chi connectivity index (χ1n) is 8.32. The van der Waals surface area contributed by atoms with E-state index in [1.807, 2.05) is 38.1 Å². The van der Waals surface area contributed by atoms with Crippen LogP contribution in [0.1, 0.15) is 31.7 Å². The second kappa shape index (κ2) is 5.96. The number of amides is 2. The van der Waals surface area contributed by atoms with Gasteiger partial charge in [0, 0.05) is 25.2 Å². The molecule has 5 heteroatoms. The number of nitrogens with two attached hydrogens (primary N) is 1. The monoisotopic (exact) mass is 315 g/mol. The van der Waals surface area contributed by atoms with Crippen LogP contribution in [0.15, 0.2) is 24.3 Å². The van der Waals surface area contributed by atoms with E-state index in [0.717, 1.165) is 24.1 Å². The SMILES string of the molecule is Cc1ccc(N2CC(C(=O)NC(C)(CN)C3CC3)CC2=O)cc1. The summed E-state index contributed by atoms with van der Waals surface area (Å²) in [4.78, 5) is 26.6. The molecule has 124 valence electrons. The number of benzene rings is 1. The van der Waals surface area contributed by atoms with E-state index >= 15 is 0 Å². The average molecular weight is 315 g/mol. The summed E-state index contributed by atoms with van der Waals surface area (Å²) in [6.45, 7) is 4.90. The Labute approximate surface area is 137 Å². The van der Waals surface area contributed by atoms with Gasteiger partial charge in [0.2, 0.25) is 11.8 Å². The summed E-state index contributed by atoms with van der Waals surface area (Å²) < 4.78 is 0. The molecule has 2 amide bonds. The van der Waals surface area contributed by atoms with E-state index in [4.69, 9.17) is 5.73 Å². The Kier molecular flexibility index (Phi) is 4.15. The second-order valence-electron chi connectivity index (χ2n) is 7.13. The summed E-state index contributed by atoms with van der Waals surface area (Å²) in [5.74, 6) is 0.137. The summed E-state index contributed by atoms with van der Waals surface area (Å²) in [6, 6.07) is 7.83. The van der Waals surface area contributed by atoms with Crippen LogP contribution in [0.3, 0.4) is 0 Å². The normalized spacial score (nSPS) is 23.7. The van der Waals surface area contributed by atoms with Gasteiger partial charge in [0.25, 0.3) is 0 Å². The van der Waals surface area contributed by atoms with Gasteiger partial charge in [0.05, 0.1) is 11.5 Å². The van der Waals surface area contributed by atoms with E-state index in [1.54, 1.807) is 4.90 Å². The van der Waals surface area contributed by atoms with Crippen molar-refractivity contribution in [3.8, 4) is 0 Å². The number of hydrogen-bond donors (Lipinski definition) is 2. The molecule has 0 spiro atoms. The van der Waals surface area contributed by atoms with Crippen molar-refractivity contribution < 1.29 is 9.59 Å². The van der Waals surface area contributed by atoms with E-state index in [0.29, 0.717) is 19.0 Å². The van der Waals surface area contributed by atoms with Gasteiger partial charge in [-0.25, -0.2) is 0 Å². The first-order valence-corrected chi connectivity index (χ1v) is 8.32. The summed E-state index contributed by atoms with van der Waals surface area (Å²) >= 11 is 0. The highest BCUT2D eigenvalue weighted by atomic mass is 16.2. The Morgan fingerprint density at radius 1 is 1.35 bits per heavy atom. The molecule has 3 rings (SSSR count). The van der Waals surface area contributed by atoms with Crippen LogP contribution in [0, 0.1) is 18.8 Å². The van der Waals surface area contributed by atoms with E-state index in [-0.39, 0.29) is 29.7 Å². The Morgan fingerprint density at radius 2 is 2.00 bits per heavy atom. The number of carbonyl (C=O) groups is 2. The van der Waals surface area contributed by atoms with Gasteiger partial charge in [-0.15, -0.1) is 0 Å². The van der Waals surface area contributed by atoms with Crippen LogP contribution in [-0.2, 0) is 9.59 Å². The summed E-state index contributed by atoms with van der Waals surface area (Å²) in [7, 11) is 0. The molecule has 1 saturated heterocycles. The molecular formula is C18H25N3O2. The van der Waals surface area contributed by atoms with E-state index in [9.17, 15) is 9.59 Å². The number of aryl methyl sites for hydroxylation is 1. The molecule has 2 unspecified atom stereocenters. The molecule has 1 aromatic carbocycles. The average Bonchev–Trinajstić information content (AvgIpc) is 3.32.